The molecule has 0 amide bonds. The Morgan fingerprint density at radius 3 is 2.35 bits per heavy atom. The summed E-state index contributed by atoms with van der Waals surface area (Å²) in [7, 11) is -3.45. The quantitative estimate of drug-likeness (QED) is 0.763. The van der Waals surface area contributed by atoms with Gasteiger partial charge in [-0.15, -0.1) is 0 Å². The summed E-state index contributed by atoms with van der Waals surface area (Å²) >= 11 is 0. The summed E-state index contributed by atoms with van der Waals surface area (Å²) in [5.74, 6) is -1.12. The fourth-order valence-corrected chi connectivity index (χ4v) is 3.81. The number of hydrogen-bond donors (Lipinski definition) is 1. The van der Waals surface area contributed by atoms with E-state index in [1.54, 1.807) is 0 Å². The molecule has 1 aliphatic rings. The van der Waals surface area contributed by atoms with Crippen LogP contribution in [0.3, 0.4) is 0 Å². The second-order valence-corrected chi connectivity index (χ2v) is 8.02. The van der Waals surface area contributed by atoms with E-state index in [2.05, 4.69) is 0 Å². The van der Waals surface area contributed by atoms with Crippen molar-refractivity contribution in [2.24, 2.45) is 11.3 Å². The molecule has 0 spiro atoms. The van der Waals surface area contributed by atoms with Crippen molar-refractivity contribution in [2.75, 3.05) is 25.4 Å². The molecule has 20 heavy (non-hydrogen) atoms. The number of carbonyl (C=O) groups is 1. The van der Waals surface area contributed by atoms with Crippen LogP contribution in [0.1, 0.15) is 34.1 Å². The van der Waals surface area contributed by atoms with E-state index >= 15 is 0 Å². The SMILES string of the molecule is CC(C)OCCS(=O)(=O)N1CCC(C(=O)O)(C(C)C)C1. The van der Waals surface area contributed by atoms with Gasteiger partial charge < -0.3 is 9.84 Å². The van der Waals surface area contributed by atoms with E-state index in [-0.39, 0.29) is 37.5 Å². The summed E-state index contributed by atoms with van der Waals surface area (Å²) < 4.78 is 31.0. The molecule has 6 nitrogen and oxygen atoms in total. The number of hydrogen-bond acceptors (Lipinski definition) is 4. The Balaban J connectivity index is 2.73. The zero-order valence-corrected chi connectivity index (χ0v) is 13.4. The van der Waals surface area contributed by atoms with Crippen LogP contribution in [0.5, 0.6) is 0 Å². The third-order valence-electron chi connectivity index (χ3n) is 3.98. The lowest BCUT2D eigenvalue weighted by atomic mass is 9.77. The van der Waals surface area contributed by atoms with Crippen LogP contribution in [0, 0.1) is 11.3 Å². The van der Waals surface area contributed by atoms with Gasteiger partial charge in [0, 0.05) is 13.1 Å². The number of sulfonamides is 1. The topological polar surface area (TPSA) is 83.9 Å². The predicted molar refractivity (Wildman–Crippen MR) is 76.0 cm³/mol. The van der Waals surface area contributed by atoms with Crippen molar-refractivity contribution in [3.8, 4) is 0 Å². The van der Waals surface area contributed by atoms with Gasteiger partial charge in [0.1, 0.15) is 0 Å². The van der Waals surface area contributed by atoms with Crippen molar-refractivity contribution < 1.29 is 23.1 Å². The van der Waals surface area contributed by atoms with Crippen molar-refractivity contribution in [3.63, 3.8) is 0 Å². The van der Waals surface area contributed by atoms with Crippen LogP contribution in [0.2, 0.25) is 0 Å². The summed E-state index contributed by atoms with van der Waals surface area (Å²) in [5.41, 5.74) is -0.966. The molecule has 1 aliphatic heterocycles. The number of carboxylic acids is 1. The van der Waals surface area contributed by atoms with Crippen LogP contribution < -0.4 is 0 Å². The van der Waals surface area contributed by atoms with Crippen molar-refractivity contribution in [1.82, 2.24) is 4.31 Å². The minimum atomic E-state index is -3.45. The zero-order chi connectivity index (χ0) is 15.6. The summed E-state index contributed by atoms with van der Waals surface area (Å²) in [6.07, 6.45) is 0.349. The molecule has 1 unspecified atom stereocenters. The number of aliphatic carboxylic acids is 1. The van der Waals surface area contributed by atoms with Crippen LogP contribution in [-0.2, 0) is 19.6 Å². The highest BCUT2D eigenvalue weighted by Crippen LogP contribution is 2.39. The van der Waals surface area contributed by atoms with Gasteiger partial charge in [0.2, 0.25) is 10.0 Å². The first-order chi connectivity index (χ1) is 9.12. The highest BCUT2D eigenvalue weighted by molar-refractivity contribution is 7.89. The minimum absolute atomic E-state index is 0.0162. The summed E-state index contributed by atoms with van der Waals surface area (Å²) in [6, 6.07) is 0. The Hall–Kier alpha value is -0.660. The minimum Gasteiger partial charge on any atom is -0.481 e. The third-order valence-corrected chi connectivity index (χ3v) is 5.76. The molecule has 0 aromatic heterocycles. The molecule has 0 aromatic carbocycles. The predicted octanol–water partition coefficient (Wildman–Crippen LogP) is 1.17. The van der Waals surface area contributed by atoms with Crippen LogP contribution in [0.15, 0.2) is 0 Å². The molecule has 0 saturated carbocycles. The molecule has 1 atom stereocenters. The van der Waals surface area contributed by atoms with Crippen molar-refractivity contribution in [2.45, 2.75) is 40.2 Å². The molecule has 1 fully saturated rings. The Morgan fingerprint density at radius 1 is 1.35 bits per heavy atom. The largest absolute Gasteiger partial charge is 0.481 e. The third kappa shape index (κ3) is 3.71. The van der Waals surface area contributed by atoms with Crippen LogP contribution in [0.25, 0.3) is 0 Å². The molecular weight excluding hydrogens is 282 g/mol. The molecule has 1 N–H and O–H groups in total. The summed E-state index contributed by atoms with van der Waals surface area (Å²) in [5, 5.41) is 9.42. The Labute approximate surface area is 121 Å². The van der Waals surface area contributed by atoms with Crippen LogP contribution >= 0.6 is 0 Å². The highest BCUT2D eigenvalue weighted by Gasteiger charge is 2.49. The summed E-state index contributed by atoms with van der Waals surface area (Å²) in [4.78, 5) is 11.5. The molecule has 1 rings (SSSR count). The van der Waals surface area contributed by atoms with Crippen molar-refractivity contribution in [3.05, 3.63) is 0 Å². The average molecular weight is 307 g/mol. The Bertz CT molecular complexity index is 446. The number of ether oxygens (including phenoxy) is 1. The van der Waals surface area contributed by atoms with Gasteiger partial charge in [-0.3, -0.25) is 4.79 Å². The van der Waals surface area contributed by atoms with Gasteiger partial charge in [-0.2, -0.15) is 0 Å². The van der Waals surface area contributed by atoms with E-state index in [4.69, 9.17) is 4.74 Å². The smallest absolute Gasteiger partial charge is 0.311 e. The molecule has 7 heteroatoms. The van der Waals surface area contributed by atoms with Gasteiger partial charge in [0.25, 0.3) is 0 Å². The van der Waals surface area contributed by atoms with E-state index in [0.29, 0.717) is 6.42 Å². The maximum atomic E-state index is 12.2. The maximum absolute atomic E-state index is 12.2. The van der Waals surface area contributed by atoms with E-state index < -0.39 is 21.4 Å². The molecule has 0 radical (unpaired) electrons. The lowest BCUT2D eigenvalue weighted by Crippen LogP contribution is -2.41. The monoisotopic (exact) mass is 307 g/mol. The Morgan fingerprint density at radius 2 is 1.95 bits per heavy atom. The second kappa shape index (κ2) is 6.41. The first-order valence-electron chi connectivity index (χ1n) is 6.94. The first-order valence-corrected chi connectivity index (χ1v) is 8.55. The van der Waals surface area contributed by atoms with E-state index in [1.165, 1.54) is 4.31 Å². The molecule has 1 saturated heterocycles. The van der Waals surface area contributed by atoms with Crippen molar-refractivity contribution in [1.29, 1.82) is 0 Å². The van der Waals surface area contributed by atoms with Gasteiger partial charge in [0.15, 0.2) is 0 Å². The molecule has 0 bridgehead atoms. The number of nitrogens with zero attached hydrogens (tertiary/aromatic N) is 1. The van der Waals surface area contributed by atoms with Crippen molar-refractivity contribution >= 4 is 16.0 Å². The fraction of sp³-hybridized carbons (Fsp3) is 0.923. The van der Waals surface area contributed by atoms with E-state index in [9.17, 15) is 18.3 Å². The summed E-state index contributed by atoms with van der Waals surface area (Å²) in [6.45, 7) is 7.81. The van der Waals surface area contributed by atoms with Crippen LogP contribution in [0.4, 0.5) is 0 Å². The average Bonchev–Trinajstić information content (AvgIpc) is 2.74. The first kappa shape index (κ1) is 17.4. The number of rotatable bonds is 7. The van der Waals surface area contributed by atoms with E-state index in [0.717, 1.165) is 0 Å². The molecular formula is C13H25NO5S. The molecule has 0 aromatic rings. The second-order valence-electron chi connectivity index (χ2n) is 5.94. The van der Waals surface area contributed by atoms with Gasteiger partial charge in [-0.05, 0) is 26.2 Å². The Kier molecular flexibility index (Phi) is 5.57. The van der Waals surface area contributed by atoms with E-state index in [1.807, 2.05) is 27.7 Å². The normalized spacial score (nSPS) is 24.7. The number of carboxylic acid groups (broad SMARTS) is 1. The lowest BCUT2D eigenvalue weighted by molar-refractivity contribution is -0.150. The lowest BCUT2D eigenvalue weighted by Gasteiger charge is -2.28. The maximum Gasteiger partial charge on any atom is 0.311 e. The van der Waals surface area contributed by atoms with Gasteiger partial charge in [-0.1, -0.05) is 13.8 Å². The highest BCUT2D eigenvalue weighted by atomic mass is 32.2. The van der Waals surface area contributed by atoms with Gasteiger partial charge in [0.05, 0.1) is 23.9 Å². The fourth-order valence-electron chi connectivity index (χ4n) is 2.45. The zero-order valence-electron chi connectivity index (χ0n) is 12.6. The van der Waals surface area contributed by atoms with Gasteiger partial charge >= 0.3 is 5.97 Å². The molecule has 118 valence electrons. The standard InChI is InChI=1S/C13H25NO5S/c1-10(2)13(12(15)16)5-6-14(9-13)20(17,18)8-7-19-11(3)4/h10-11H,5-9H2,1-4H3,(H,15,16). The van der Waals surface area contributed by atoms with Gasteiger partial charge in [-0.25, -0.2) is 12.7 Å². The van der Waals surface area contributed by atoms with Crippen LogP contribution in [-0.4, -0.2) is 55.4 Å². The molecule has 0 aliphatic carbocycles. The molecule has 1 heterocycles.